The first-order valence-corrected chi connectivity index (χ1v) is 7.87. The molecule has 2 aliphatic carbocycles. The van der Waals surface area contributed by atoms with Crippen LogP contribution in [-0.2, 0) is 0 Å². The van der Waals surface area contributed by atoms with Crippen LogP contribution in [0.5, 0.6) is 0 Å². The summed E-state index contributed by atoms with van der Waals surface area (Å²) < 4.78 is 0. The van der Waals surface area contributed by atoms with E-state index < -0.39 is 0 Å². The molecule has 0 spiro atoms. The van der Waals surface area contributed by atoms with Gasteiger partial charge >= 0.3 is 0 Å². The third-order valence-corrected chi connectivity index (χ3v) is 6.03. The van der Waals surface area contributed by atoms with E-state index in [2.05, 4.69) is 0 Å². The minimum absolute atomic E-state index is 1.14. The molecule has 0 bridgehead atoms. The highest BCUT2D eigenvalue weighted by molar-refractivity contribution is 7.39. The number of hydrogen-bond donors (Lipinski definition) is 0. The summed E-state index contributed by atoms with van der Waals surface area (Å²) in [5.41, 5.74) is 2.30. The Labute approximate surface area is 91.0 Å². The van der Waals surface area contributed by atoms with E-state index in [1.807, 2.05) is 0 Å². The maximum atomic E-state index is 1.56. The quantitative estimate of drug-likeness (QED) is 0.581. The molecular formula is C13H25P. The van der Waals surface area contributed by atoms with Crippen LogP contribution in [0.3, 0.4) is 0 Å². The third kappa shape index (κ3) is 3.54. The van der Waals surface area contributed by atoms with Crippen LogP contribution in [0.25, 0.3) is 0 Å². The Bertz CT molecular complexity index is 141. The van der Waals surface area contributed by atoms with Crippen LogP contribution in [0.4, 0.5) is 0 Å². The molecule has 0 heterocycles. The Morgan fingerprint density at radius 2 is 0.929 bits per heavy atom. The standard InChI is InChI=1S/C13H25P/c1-2-4-6-9-12(8-5-3-1)14-13-10-7-11-13/h12-14H,1-11H2. The van der Waals surface area contributed by atoms with Crippen LogP contribution in [0.2, 0.25) is 0 Å². The summed E-state index contributed by atoms with van der Waals surface area (Å²) in [7, 11) is 1.33. The van der Waals surface area contributed by atoms with Gasteiger partial charge in [-0.15, -0.1) is 8.58 Å². The number of hydrogen-bond acceptors (Lipinski definition) is 0. The molecule has 0 aromatic heterocycles. The average molecular weight is 212 g/mol. The summed E-state index contributed by atoms with van der Waals surface area (Å²) in [6.45, 7) is 0. The van der Waals surface area contributed by atoms with Crippen molar-refractivity contribution in [3.05, 3.63) is 0 Å². The Hall–Kier alpha value is 0.430. The van der Waals surface area contributed by atoms with Gasteiger partial charge in [0, 0.05) is 0 Å². The SMILES string of the molecule is C1CCCCC(PC2CCC2)CCC1. The summed E-state index contributed by atoms with van der Waals surface area (Å²) in [5.74, 6) is 0. The molecular weight excluding hydrogens is 187 g/mol. The predicted octanol–water partition coefficient (Wildman–Crippen LogP) is 4.72. The van der Waals surface area contributed by atoms with Gasteiger partial charge in [0.05, 0.1) is 0 Å². The second-order valence-electron chi connectivity index (χ2n) is 5.19. The van der Waals surface area contributed by atoms with Gasteiger partial charge in [-0.25, -0.2) is 0 Å². The van der Waals surface area contributed by atoms with Crippen molar-refractivity contribution >= 4 is 8.58 Å². The molecule has 0 aromatic rings. The first-order valence-electron chi connectivity index (χ1n) is 6.71. The van der Waals surface area contributed by atoms with Crippen molar-refractivity contribution in [1.29, 1.82) is 0 Å². The lowest BCUT2D eigenvalue weighted by atomic mass is 10.00. The van der Waals surface area contributed by atoms with Crippen LogP contribution in [0.1, 0.15) is 70.6 Å². The maximum absolute atomic E-state index is 1.56. The molecule has 2 saturated carbocycles. The molecule has 2 rings (SSSR count). The van der Waals surface area contributed by atoms with Gasteiger partial charge in [-0.2, -0.15) is 0 Å². The second-order valence-corrected chi connectivity index (χ2v) is 7.16. The van der Waals surface area contributed by atoms with Gasteiger partial charge in [-0.3, -0.25) is 0 Å². The van der Waals surface area contributed by atoms with E-state index in [1.54, 1.807) is 25.7 Å². The molecule has 0 N–H and O–H groups in total. The maximum Gasteiger partial charge on any atom is -0.0234 e. The topological polar surface area (TPSA) is 0 Å². The van der Waals surface area contributed by atoms with Crippen molar-refractivity contribution in [2.75, 3.05) is 0 Å². The summed E-state index contributed by atoms with van der Waals surface area (Å²) in [4.78, 5) is 0. The lowest BCUT2D eigenvalue weighted by Crippen LogP contribution is -2.16. The second kappa shape index (κ2) is 6.11. The zero-order chi connectivity index (χ0) is 9.64. The molecule has 2 aliphatic rings. The van der Waals surface area contributed by atoms with Gasteiger partial charge in [-0.05, 0) is 37.0 Å². The normalized spacial score (nSPS) is 28.3. The van der Waals surface area contributed by atoms with Gasteiger partial charge in [0.25, 0.3) is 0 Å². The van der Waals surface area contributed by atoms with Gasteiger partial charge in [0.15, 0.2) is 0 Å². The van der Waals surface area contributed by atoms with Crippen LogP contribution in [0, 0.1) is 0 Å². The highest BCUT2D eigenvalue weighted by atomic mass is 31.1. The largest absolute Gasteiger partial charge is 0.116 e. The fourth-order valence-corrected chi connectivity index (χ4v) is 4.86. The van der Waals surface area contributed by atoms with E-state index in [0.717, 1.165) is 5.66 Å². The summed E-state index contributed by atoms with van der Waals surface area (Å²) in [6.07, 6.45) is 16.9. The fourth-order valence-electron chi connectivity index (χ4n) is 2.71. The van der Waals surface area contributed by atoms with Crippen LogP contribution in [0.15, 0.2) is 0 Å². The Kier molecular flexibility index (Phi) is 4.77. The van der Waals surface area contributed by atoms with E-state index in [0.29, 0.717) is 0 Å². The van der Waals surface area contributed by atoms with Crippen LogP contribution < -0.4 is 0 Å². The minimum atomic E-state index is 1.14. The smallest absolute Gasteiger partial charge is 0.0234 e. The van der Waals surface area contributed by atoms with Crippen molar-refractivity contribution < 1.29 is 0 Å². The number of rotatable bonds is 2. The van der Waals surface area contributed by atoms with Gasteiger partial charge in [-0.1, -0.05) is 44.9 Å². The molecule has 0 nitrogen and oxygen atoms in total. The van der Waals surface area contributed by atoms with Crippen LogP contribution >= 0.6 is 8.58 Å². The predicted molar refractivity (Wildman–Crippen MR) is 66.7 cm³/mol. The summed E-state index contributed by atoms with van der Waals surface area (Å²) in [5, 5.41) is 0. The van der Waals surface area contributed by atoms with Gasteiger partial charge in [0.2, 0.25) is 0 Å². The highest BCUT2D eigenvalue weighted by Gasteiger charge is 2.21. The highest BCUT2D eigenvalue weighted by Crippen LogP contribution is 2.42. The molecule has 82 valence electrons. The molecule has 14 heavy (non-hydrogen) atoms. The minimum Gasteiger partial charge on any atom is -0.116 e. The average Bonchev–Trinajstić information content (AvgIpc) is 2.24. The first-order chi connectivity index (χ1) is 6.95. The van der Waals surface area contributed by atoms with Crippen molar-refractivity contribution in [2.45, 2.75) is 81.9 Å². The molecule has 0 aliphatic heterocycles. The van der Waals surface area contributed by atoms with E-state index in [4.69, 9.17) is 0 Å². The van der Waals surface area contributed by atoms with Crippen molar-refractivity contribution in [3.63, 3.8) is 0 Å². The molecule has 0 saturated heterocycles. The monoisotopic (exact) mass is 212 g/mol. The molecule has 1 atom stereocenters. The van der Waals surface area contributed by atoms with Crippen molar-refractivity contribution in [1.82, 2.24) is 0 Å². The lowest BCUT2D eigenvalue weighted by molar-refractivity contribution is 0.510. The Morgan fingerprint density at radius 3 is 1.36 bits per heavy atom. The van der Waals surface area contributed by atoms with Gasteiger partial charge < -0.3 is 0 Å². The van der Waals surface area contributed by atoms with E-state index in [1.165, 1.54) is 59.2 Å². The van der Waals surface area contributed by atoms with Crippen molar-refractivity contribution in [2.24, 2.45) is 0 Å². The lowest BCUT2D eigenvalue weighted by Gasteiger charge is -2.29. The summed E-state index contributed by atoms with van der Waals surface area (Å²) >= 11 is 0. The molecule has 0 amide bonds. The molecule has 1 unspecified atom stereocenters. The molecule has 1 heteroatoms. The van der Waals surface area contributed by atoms with E-state index in [-0.39, 0.29) is 0 Å². The van der Waals surface area contributed by atoms with E-state index in [9.17, 15) is 0 Å². The van der Waals surface area contributed by atoms with Crippen molar-refractivity contribution in [3.8, 4) is 0 Å². The molecule has 0 aromatic carbocycles. The van der Waals surface area contributed by atoms with Gasteiger partial charge in [0.1, 0.15) is 0 Å². The molecule has 0 radical (unpaired) electrons. The zero-order valence-electron chi connectivity index (χ0n) is 9.43. The Morgan fingerprint density at radius 1 is 0.500 bits per heavy atom. The summed E-state index contributed by atoms with van der Waals surface area (Å²) in [6, 6.07) is 0. The fraction of sp³-hybridized carbons (Fsp3) is 1.00. The Balaban J connectivity index is 1.69. The molecule has 2 fully saturated rings. The zero-order valence-corrected chi connectivity index (χ0v) is 10.4. The van der Waals surface area contributed by atoms with E-state index >= 15 is 0 Å². The van der Waals surface area contributed by atoms with Crippen LogP contribution in [-0.4, -0.2) is 11.3 Å². The first kappa shape index (κ1) is 10.9. The third-order valence-electron chi connectivity index (χ3n) is 3.93.